The fourth-order valence-electron chi connectivity index (χ4n) is 3.44. The molecule has 3 aromatic carbocycles. The van der Waals surface area contributed by atoms with E-state index in [0.29, 0.717) is 28.1 Å². The van der Waals surface area contributed by atoms with Gasteiger partial charge >= 0.3 is 0 Å². The molecular weight excluding hydrogens is 486 g/mol. The van der Waals surface area contributed by atoms with E-state index in [9.17, 15) is 14.9 Å². The minimum atomic E-state index is -0.504. The number of anilines is 1. The molecule has 178 valence electrons. The summed E-state index contributed by atoms with van der Waals surface area (Å²) in [5, 5.41) is 23.3. The molecule has 1 aromatic heterocycles. The molecule has 1 heterocycles. The average Bonchev–Trinajstić information content (AvgIpc) is 3.28. The van der Waals surface area contributed by atoms with Crippen molar-refractivity contribution < 1.29 is 9.72 Å². The van der Waals surface area contributed by atoms with E-state index < -0.39 is 10.2 Å². The maximum Gasteiger partial charge on any atom is 0.271 e. The van der Waals surface area contributed by atoms with Crippen LogP contribution >= 0.6 is 23.4 Å². The fourth-order valence-corrected chi connectivity index (χ4v) is 4.60. The number of thioether (sulfide) groups is 1. The van der Waals surface area contributed by atoms with Crippen molar-refractivity contribution in [3.05, 3.63) is 93.5 Å². The van der Waals surface area contributed by atoms with Gasteiger partial charge in [-0.25, -0.2) is 0 Å². The molecule has 0 radical (unpaired) electrons. The van der Waals surface area contributed by atoms with Gasteiger partial charge in [0.2, 0.25) is 5.91 Å². The van der Waals surface area contributed by atoms with E-state index in [1.807, 2.05) is 66.9 Å². The van der Waals surface area contributed by atoms with Crippen LogP contribution in [0.4, 0.5) is 11.4 Å². The summed E-state index contributed by atoms with van der Waals surface area (Å²) in [6, 6.07) is 21.2. The van der Waals surface area contributed by atoms with Gasteiger partial charge in [-0.15, -0.1) is 10.2 Å². The first-order valence-corrected chi connectivity index (χ1v) is 12.1. The van der Waals surface area contributed by atoms with Crippen LogP contribution in [0, 0.1) is 17.0 Å². The second kappa shape index (κ2) is 10.7. The van der Waals surface area contributed by atoms with Gasteiger partial charge in [0, 0.05) is 34.1 Å². The molecule has 0 saturated carbocycles. The highest BCUT2D eigenvalue weighted by atomic mass is 35.5. The summed E-state index contributed by atoms with van der Waals surface area (Å²) in [7, 11) is 0. The Bertz CT molecular complexity index is 1380. The van der Waals surface area contributed by atoms with Crippen LogP contribution in [0.5, 0.6) is 0 Å². The number of carbonyl (C=O) groups is 1. The van der Waals surface area contributed by atoms with E-state index in [1.165, 1.54) is 30.0 Å². The van der Waals surface area contributed by atoms with Crippen molar-refractivity contribution in [2.75, 3.05) is 5.32 Å². The number of rotatable bonds is 8. The summed E-state index contributed by atoms with van der Waals surface area (Å²) in [5.41, 5.74) is 2.88. The Morgan fingerprint density at radius 1 is 1.11 bits per heavy atom. The predicted octanol–water partition coefficient (Wildman–Crippen LogP) is 6.31. The van der Waals surface area contributed by atoms with Crippen LogP contribution < -0.4 is 5.32 Å². The zero-order valence-corrected chi connectivity index (χ0v) is 20.6. The van der Waals surface area contributed by atoms with Crippen LogP contribution in [0.25, 0.3) is 17.1 Å². The summed E-state index contributed by atoms with van der Waals surface area (Å²) in [6.07, 6.45) is 0.513. The quantitative estimate of drug-likeness (QED) is 0.170. The van der Waals surface area contributed by atoms with E-state index in [-0.39, 0.29) is 11.6 Å². The number of hydrogen-bond acceptors (Lipinski definition) is 6. The van der Waals surface area contributed by atoms with Gasteiger partial charge in [-0.1, -0.05) is 66.7 Å². The number of hydrogen-bond donors (Lipinski definition) is 1. The number of nitro groups is 1. The topological polar surface area (TPSA) is 103 Å². The number of carbonyl (C=O) groups excluding carboxylic acids is 1. The van der Waals surface area contributed by atoms with E-state index in [2.05, 4.69) is 15.5 Å². The van der Waals surface area contributed by atoms with Crippen molar-refractivity contribution in [2.45, 2.75) is 30.7 Å². The summed E-state index contributed by atoms with van der Waals surface area (Å²) >= 11 is 7.65. The number of benzene rings is 3. The molecule has 1 atom stereocenters. The SMILES string of the molecule is CCC(Sc1nnc(-c2ccc(C)c(Cl)c2)n1-c1ccccc1)C(=O)Nc1cccc([N+](=O)[O-])c1. The summed E-state index contributed by atoms with van der Waals surface area (Å²) in [5.74, 6) is 0.329. The molecule has 0 aliphatic rings. The molecule has 35 heavy (non-hydrogen) atoms. The molecule has 0 aliphatic heterocycles. The first-order chi connectivity index (χ1) is 16.9. The van der Waals surface area contributed by atoms with Gasteiger partial charge in [-0.2, -0.15) is 0 Å². The Kier molecular flexibility index (Phi) is 7.48. The van der Waals surface area contributed by atoms with Crippen molar-refractivity contribution >= 4 is 40.6 Å². The van der Waals surface area contributed by atoms with Gasteiger partial charge in [0.1, 0.15) is 0 Å². The minimum absolute atomic E-state index is 0.0891. The van der Waals surface area contributed by atoms with Crippen LogP contribution in [0.1, 0.15) is 18.9 Å². The molecule has 1 amide bonds. The minimum Gasteiger partial charge on any atom is -0.325 e. The Morgan fingerprint density at radius 2 is 1.89 bits per heavy atom. The predicted molar refractivity (Wildman–Crippen MR) is 138 cm³/mol. The van der Waals surface area contributed by atoms with Crippen molar-refractivity contribution in [1.82, 2.24) is 14.8 Å². The largest absolute Gasteiger partial charge is 0.325 e. The highest BCUT2D eigenvalue weighted by Crippen LogP contribution is 2.33. The number of para-hydroxylation sites is 1. The normalized spacial score (nSPS) is 11.7. The van der Waals surface area contributed by atoms with Crippen LogP contribution in [-0.4, -0.2) is 30.8 Å². The van der Waals surface area contributed by atoms with Crippen LogP contribution in [0.15, 0.2) is 78.0 Å². The number of amides is 1. The number of non-ortho nitro benzene ring substituents is 1. The highest BCUT2D eigenvalue weighted by Gasteiger charge is 2.24. The van der Waals surface area contributed by atoms with Crippen molar-refractivity contribution in [2.24, 2.45) is 0 Å². The van der Waals surface area contributed by atoms with Crippen molar-refractivity contribution in [3.63, 3.8) is 0 Å². The Labute approximate surface area is 211 Å². The summed E-state index contributed by atoms with van der Waals surface area (Å²) in [4.78, 5) is 23.6. The second-order valence-electron chi connectivity index (χ2n) is 7.75. The zero-order chi connectivity index (χ0) is 24.9. The van der Waals surface area contributed by atoms with Gasteiger partial charge in [0.05, 0.1) is 10.2 Å². The van der Waals surface area contributed by atoms with E-state index in [1.54, 1.807) is 6.07 Å². The molecule has 1 N–H and O–H groups in total. The third kappa shape index (κ3) is 5.52. The molecule has 0 saturated heterocycles. The van der Waals surface area contributed by atoms with Gasteiger partial charge in [0.25, 0.3) is 5.69 Å². The first kappa shape index (κ1) is 24.4. The monoisotopic (exact) mass is 507 g/mol. The third-order valence-electron chi connectivity index (χ3n) is 5.31. The maximum atomic E-state index is 13.1. The van der Waals surface area contributed by atoms with Crippen LogP contribution in [-0.2, 0) is 4.79 Å². The van der Waals surface area contributed by atoms with E-state index in [4.69, 9.17) is 11.6 Å². The lowest BCUT2D eigenvalue weighted by molar-refractivity contribution is -0.384. The van der Waals surface area contributed by atoms with Crippen molar-refractivity contribution in [3.8, 4) is 17.1 Å². The number of aromatic nitrogens is 3. The molecule has 0 fully saturated rings. The Hall–Kier alpha value is -3.69. The van der Waals surface area contributed by atoms with Crippen molar-refractivity contribution in [1.29, 1.82) is 0 Å². The standard InChI is InChI=1S/C25H22ClN5O3S/c1-3-22(24(32)27-18-8-7-11-20(15-18)31(33)34)35-25-29-28-23(17-13-12-16(2)21(26)14-17)30(25)19-9-5-4-6-10-19/h4-15,22H,3H2,1-2H3,(H,27,32). The Morgan fingerprint density at radius 3 is 2.57 bits per heavy atom. The van der Waals surface area contributed by atoms with Gasteiger partial charge in [-0.3, -0.25) is 19.5 Å². The number of nitrogens with one attached hydrogen (secondary N) is 1. The molecule has 4 aromatic rings. The smallest absolute Gasteiger partial charge is 0.271 e. The molecule has 0 spiro atoms. The maximum absolute atomic E-state index is 13.1. The van der Waals surface area contributed by atoms with Crippen LogP contribution in [0.2, 0.25) is 5.02 Å². The lowest BCUT2D eigenvalue weighted by Gasteiger charge is -2.16. The second-order valence-corrected chi connectivity index (χ2v) is 9.33. The number of nitrogens with zero attached hydrogens (tertiary/aromatic N) is 4. The molecule has 1 unspecified atom stereocenters. The molecule has 0 aliphatic carbocycles. The number of nitro benzene ring substituents is 1. The summed E-state index contributed by atoms with van der Waals surface area (Å²) in [6.45, 7) is 3.83. The van der Waals surface area contributed by atoms with E-state index in [0.717, 1.165) is 16.8 Å². The highest BCUT2D eigenvalue weighted by molar-refractivity contribution is 8.00. The zero-order valence-electron chi connectivity index (χ0n) is 19.0. The average molecular weight is 508 g/mol. The number of halogens is 1. The number of aryl methyl sites for hydroxylation is 1. The molecule has 8 nitrogen and oxygen atoms in total. The van der Waals surface area contributed by atoms with Gasteiger partial charge in [0.15, 0.2) is 11.0 Å². The molecular formula is C25H22ClN5O3S. The van der Waals surface area contributed by atoms with E-state index >= 15 is 0 Å². The Balaban J connectivity index is 1.66. The third-order valence-corrected chi connectivity index (χ3v) is 7.03. The summed E-state index contributed by atoms with van der Waals surface area (Å²) < 4.78 is 1.90. The first-order valence-electron chi connectivity index (χ1n) is 10.9. The van der Waals surface area contributed by atoms with Gasteiger partial charge in [-0.05, 0) is 43.2 Å². The van der Waals surface area contributed by atoms with Gasteiger partial charge < -0.3 is 5.32 Å². The molecule has 10 heteroatoms. The van der Waals surface area contributed by atoms with Crippen LogP contribution in [0.3, 0.4) is 0 Å². The molecule has 0 bridgehead atoms. The lowest BCUT2D eigenvalue weighted by atomic mass is 10.1. The lowest BCUT2D eigenvalue weighted by Crippen LogP contribution is -2.25. The fraction of sp³-hybridized carbons (Fsp3) is 0.160. The molecule has 4 rings (SSSR count).